The molecule has 0 saturated carbocycles. The molecule has 0 unspecified atom stereocenters. The first-order chi connectivity index (χ1) is 11.1. The van der Waals surface area contributed by atoms with E-state index in [-0.39, 0.29) is 11.7 Å². The molecule has 4 nitrogen and oxygen atoms in total. The highest BCUT2D eigenvalue weighted by Gasteiger charge is 2.06. The summed E-state index contributed by atoms with van der Waals surface area (Å²) in [7, 11) is 0. The molecule has 1 N–H and O–H groups in total. The molecular weight excluding hydrogens is 290 g/mol. The number of allylic oxidation sites excluding steroid dienone is 1. The number of carbonyl (C=O) groups is 2. The van der Waals surface area contributed by atoms with Crippen LogP contribution in [-0.2, 0) is 0 Å². The van der Waals surface area contributed by atoms with E-state index >= 15 is 0 Å². The molecule has 0 spiro atoms. The van der Waals surface area contributed by atoms with Crippen LogP contribution in [0.3, 0.4) is 0 Å². The summed E-state index contributed by atoms with van der Waals surface area (Å²) in [6.07, 6.45) is 5.20. The molecular formula is C19H21NO3. The van der Waals surface area contributed by atoms with Gasteiger partial charge in [-0.3, -0.25) is 9.59 Å². The molecule has 0 aliphatic rings. The molecule has 1 aromatic heterocycles. The number of hydrogen-bond donors (Lipinski definition) is 1. The van der Waals surface area contributed by atoms with Gasteiger partial charge in [-0.15, -0.1) is 0 Å². The first kappa shape index (κ1) is 16.7. The van der Waals surface area contributed by atoms with Crippen molar-refractivity contribution < 1.29 is 14.0 Å². The number of unbranched alkanes of at least 4 members (excludes halogenated alkanes) is 1. The molecule has 0 aliphatic heterocycles. The third-order valence-electron chi connectivity index (χ3n) is 3.40. The number of amides is 1. The van der Waals surface area contributed by atoms with Crippen molar-refractivity contribution in [3.63, 3.8) is 0 Å². The standard InChI is InChI=1S/C19H21NO3/c1-3-4-13-20-19(22)16-9-6-15(7-10-16)8-11-17(21)18-12-5-14(2)23-18/h5-12H,3-4,13H2,1-2H3,(H,20,22)/b11-8+. The topological polar surface area (TPSA) is 59.3 Å². The van der Waals surface area contributed by atoms with E-state index in [1.54, 1.807) is 37.3 Å². The number of rotatable bonds is 7. The predicted octanol–water partition coefficient (Wildman–Crippen LogP) is 4.01. The summed E-state index contributed by atoms with van der Waals surface area (Å²) < 4.78 is 5.28. The Morgan fingerprint density at radius 1 is 1.13 bits per heavy atom. The van der Waals surface area contributed by atoms with Gasteiger partial charge in [0.15, 0.2) is 5.76 Å². The van der Waals surface area contributed by atoms with E-state index in [9.17, 15) is 9.59 Å². The van der Waals surface area contributed by atoms with Crippen molar-refractivity contribution >= 4 is 17.8 Å². The number of ketones is 1. The van der Waals surface area contributed by atoms with Gasteiger partial charge in [0.05, 0.1) is 0 Å². The summed E-state index contributed by atoms with van der Waals surface area (Å²) >= 11 is 0. The van der Waals surface area contributed by atoms with E-state index in [0.717, 1.165) is 18.4 Å². The smallest absolute Gasteiger partial charge is 0.251 e. The first-order valence-electron chi connectivity index (χ1n) is 7.77. The van der Waals surface area contributed by atoms with Gasteiger partial charge in [-0.25, -0.2) is 0 Å². The van der Waals surface area contributed by atoms with E-state index in [4.69, 9.17) is 4.42 Å². The monoisotopic (exact) mass is 311 g/mol. The lowest BCUT2D eigenvalue weighted by atomic mass is 10.1. The van der Waals surface area contributed by atoms with Crippen LogP contribution in [0.15, 0.2) is 46.9 Å². The fourth-order valence-corrected chi connectivity index (χ4v) is 2.05. The van der Waals surface area contributed by atoms with Gasteiger partial charge in [-0.05, 0) is 49.2 Å². The Bertz CT molecular complexity index is 696. The van der Waals surface area contributed by atoms with Gasteiger partial charge in [0.25, 0.3) is 5.91 Å². The highest BCUT2D eigenvalue weighted by Crippen LogP contribution is 2.10. The van der Waals surface area contributed by atoms with Crippen molar-refractivity contribution in [1.82, 2.24) is 5.32 Å². The first-order valence-corrected chi connectivity index (χ1v) is 7.77. The van der Waals surface area contributed by atoms with E-state index in [0.29, 0.717) is 23.6 Å². The Hall–Kier alpha value is -2.62. The minimum atomic E-state index is -0.181. The largest absolute Gasteiger partial charge is 0.458 e. The van der Waals surface area contributed by atoms with Gasteiger partial charge < -0.3 is 9.73 Å². The molecule has 0 saturated heterocycles. The van der Waals surface area contributed by atoms with Crippen LogP contribution >= 0.6 is 0 Å². The summed E-state index contributed by atoms with van der Waals surface area (Å²) in [5, 5.41) is 2.87. The van der Waals surface area contributed by atoms with Crippen molar-refractivity contribution in [2.45, 2.75) is 26.7 Å². The maximum absolute atomic E-state index is 11.9. The summed E-state index contributed by atoms with van der Waals surface area (Å²) in [4.78, 5) is 23.8. The SMILES string of the molecule is CCCCNC(=O)c1ccc(/C=C/C(=O)c2ccc(C)o2)cc1. The van der Waals surface area contributed by atoms with E-state index in [1.165, 1.54) is 6.08 Å². The molecule has 120 valence electrons. The maximum Gasteiger partial charge on any atom is 0.251 e. The normalized spacial score (nSPS) is 10.9. The average molecular weight is 311 g/mol. The van der Waals surface area contributed by atoms with Crippen molar-refractivity contribution in [2.75, 3.05) is 6.54 Å². The Morgan fingerprint density at radius 3 is 2.48 bits per heavy atom. The molecule has 1 amide bonds. The fourth-order valence-electron chi connectivity index (χ4n) is 2.05. The number of nitrogens with one attached hydrogen (secondary N) is 1. The number of carbonyl (C=O) groups excluding carboxylic acids is 2. The van der Waals surface area contributed by atoms with Gasteiger partial charge in [-0.2, -0.15) is 0 Å². The van der Waals surface area contributed by atoms with Crippen LogP contribution in [0, 0.1) is 6.92 Å². The molecule has 0 bridgehead atoms. The summed E-state index contributed by atoms with van der Waals surface area (Å²) in [6.45, 7) is 4.57. The summed E-state index contributed by atoms with van der Waals surface area (Å²) in [6, 6.07) is 10.5. The van der Waals surface area contributed by atoms with Crippen LogP contribution in [-0.4, -0.2) is 18.2 Å². The molecule has 23 heavy (non-hydrogen) atoms. The Morgan fingerprint density at radius 2 is 1.87 bits per heavy atom. The average Bonchev–Trinajstić information content (AvgIpc) is 3.00. The second kappa shape index (κ2) is 8.13. The minimum absolute atomic E-state index is 0.0730. The van der Waals surface area contributed by atoms with Crippen molar-refractivity contribution in [1.29, 1.82) is 0 Å². The number of aryl methyl sites for hydroxylation is 1. The van der Waals surface area contributed by atoms with Gasteiger partial charge in [0.1, 0.15) is 5.76 Å². The van der Waals surface area contributed by atoms with Crippen molar-refractivity contribution in [2.24, 2.45) is 0 Å². The summed E-state index contributed by atoms with van der Waals surface area (Å²) in [5.74, 6) is 0.779. The molecule has 1 aromatic carbocycles. The van der Waals surface area contributed by atoms with Crippen LogP contribution < -0.4 is 5.32 Å². The van der Waals surface area contributed by atoms with Crippen LogP contribution in [0.1, 0.15) is 52.0 Å². The molecule has 0 fully saturated rings. The van der Waals surface area contributed by atoms with Gasteiger partial charge in [-0.1, -0.05) is 31.6 Å². The maximum atomic E-state index is 11.9. The minimum Gasteiger partial charge on any atom is -0.458 e. The molecule has 4 heteroatoms. The Labute approximate surface area is 136 Å². The third-order valence-corrected chi connectivity index (χ3v) is 3.40. The molecule has 0 radical (unpaired) electrons. The van der Waals surface area contributed by atoms with Gasteiger partial charge >= 0.3 is 0 Å². The molecule has 0 aliphatic carbocycles. The summed E-state index contributed by atoms with van der Waals surface area (Å²) in [5.41, 5.74) is 1.47. The molecule has 0 atom stereocenters. The molecule has 2 rings (SSSR count). The second-order valence-corrected chi connectivity index (χ2v) is 5.34. The molecule has 2 aromatic rings. The Balaban J connectivity index is 1.95. The fraction of sp³-hybridized carbons (Fsp3) is 0.263. The van der Waals surface area contributed by atoms with Crippen molar-refractivity contribution in [3.8, 4) is 0 Å². The highest BCUT2D eigenvalue weighted by molar-refractivity contribution is 6.05. The van der Waals surface area contributed by atoms with E-state index in [2.05, 4.69) is 12.2 Å². The lowest BCUT2D eigenvalue weighted by Gasteiger charge is -2.04. The van der Waals surface area contributed by atoms with Crippen LogP contribution in [0.4, 0.5) is 0 Å². The second-order valence-electron chi connectivity index (χ2n) is 5.34. The third kappa shape index (κ3) is 4.95. The number of benzene rings is 1. The zero-order valence-electron chi connectivity index (χ0n) is 13.5. The van der Waals surface area contributed by atoms with Crippen LogP contribution in [0.25, 0.3) is 6.08 Å². The van der Waals surface area contributed by atoms with Crippen molar-refractivity contribution in [3.05, 3.63) is 65.1 Å². The Kier molecular flexibility index (Phi) is 5.92. The predicted molar refractivity (Wildman–Crippen MR) is 90.5 cm³/mol. The van der Waals surface area contributed by atoms with Gasteiger partial charge in [0, 0.05) is 12.1 Å². The van der Waals surface area contributed by atoms with Gasteiger partial charge in [0.2, 0.25) is 5.78 Å². The van der Waals surface area contributed by atoms with Crippen LogP contribution in [0.5, 0.6) is 0 Å². The zero-order valence-corrected chi connectivity index (χ0v) is 13.5. The lowest BCUT2D eigenvalue weighted by Crippen LogP contribution is -2.24. The highest BCUT2D eigenvalue weighted by atomic mass is 16.3. The quantitative estimate of drug-likeness (QED) is 0.477. The number of hydrogen-bond acceptors (Lipinski definition) is 3. The van der Waals surface area contributed by atoms with E-state index in [1.807, 2.05) is 12.1 Å². The molecule has 1 heterocycles. The zero-order chi connectivity index (χ0) is 16.7. The lowest BCUT2D eigenvalue weighted by molar-refractivity contribution is 0.0952. The van der Waals surface area contributed by atoms with E-state index < -0.39 is 0 Å². The van der Waals surface area contributed by atoms with Crippen LogP contribution in [0.2, 0.25) is 0 Å². The number of furan rings is 1.